The third-order valence-corrected chi connectivity index (χ3v) is 1.99. The normalized spacial score (nSPS) is 10.9. The minimum Gasteiger partial charge on any atom is -0.481 e. The van der Waals surface area contributed by atoms with Crippen LogP contribution in [-0.2, 0) is 19.7 Å². The van der Waals surface area contributed by atoms with E-state index < -0.39 is 28.5 Å². The van der Waals surface area contributed by atoms with E-state index >= 15 is 0 Å². The molecule has 0 aliphatic carbocycles. The number of hydrogen-bond acceptors (Lipinski definition) is 4. The molecule has 8 heteroatoms. The molecule has 0 rings (SSSR count). The largest absolute Gasteiger partial charge is 0.481 e. The lowest BCUT2D eigenvalue weighted by Crippen LogP contribution is -2.04. The van der Waals surface area contributed by atoms with Crippen LogP contribution in [-0.4, -0.2) is 35.1 Å². The van der Waals surface area contributed by atoms with Crippen LogP contribution in [0.25, 0.3) is 0 Å². The van der Waals surface area contributed by atoms with E-state index in [9.17, 15) is 18.0 Å². The first kappa shape index (κ1) is 18.4. The molecule has 0 fully saturated rings. The molecule has 0 amide bonds. The van der Waals surface area contributed by atoms with Crippen LogP contribution in [0.1, 0.15) is 13.3 Å². The zero-order chi connectivity index (χ0) is 14.9. The summed E-state index contributed by atoms with van der Waals surface area (Å²) in [5, 5.41) is 16.8. The Hall–Kier alpha value is -1.93. The first-order valence-corrected chi connectivity index (χ1v) is 5.91. The molecule has 0 aromatic heterocycles. The molecule has 0 saturated heterocycles. The van der Waals surface area contributed by atoms with Crippen LogP contribution in [0, 0.1) is 0 Å². The molecule has 0 saturated carbocycles. The maximum Gasteiger partial charge on any atom is 0.331 e. The highest BCUT2D eigenvalue weighted by Crippen LogP contribution is 1.96. The average Bonchev–Trinajstić information content (AvgIpc) is 2.14. The van der Waals surface area contributed by atoms with Gasteiger partial charge in [0.05, 0.1) is 11.8 Å². The highest BCUT2D eigenvalue weighted by molar-refractivity contribution is 7.88. The molecular formula is C10H14O7S. The Bertz CT molecular complexity index is 470. The van der Waals surface area contributed by atoms with Gasteiger partial charge in [-0.15, -0.1) is 0 Å². The SMILES string of the molecule is C=C(CC(=O)O)C(=O)O.C=CC(C)=CS(=O)(=O)O. The summed E-state index contributed by atoms with van der Waals surface area (Å²) in [6.07, 6.45) is 0.836. The maximum atomic E-state index is 10.0. The summed E-state index contributed by atoms with van der Waals surface area (Å²) in [6, 6.07) is 0. The summed E-state index contributed by atoms with van der Waals surface area (Å²) in [5.74, 6) is -2.44. The molecule has 102 valence electrons. The van der Waals surface area contributed by atoms with Crippen LogP contribution in [0.2, 0.25) is 0 Å². The molecule has 0 atom stereocenters. The van der Waals surface area contributed by atoms with Crippen LogP contribution >= 0.6 is 0 Å². The predicted octanol–water partition coefficient (Wildman–Crippen LogP) is 1.07. The molecule has 3 N–H and O–H groups in total. The van der Waals surface area contributed by atoms with E-state index in [1.165, 1.54) is 13.0 Å². The minimum absolute atomic E-state index is 0.303. The molecule has 0 bridgehead atoms. The van der Waals surface area contributed by atoms with Crippen LogP contribution in [0.3, 0.4) is 0 Å². The van der Waals surface area contributed by atoms with Crippen molar-refractivity contribution in [2.24, 2.45) is 0 Å². The number of carboxylic acid groups (broad SMARTS) is 2. The molecule has 0 spiro atoms. The number of allylic oxidation sites excluding steroid dienone is 2. The summed E-state index contributed by atoms with van der Waals surface area (Å²) in [6.45, 7) is 7.84. The van der Waals surface area contributed by atoms with Crippen molar-refractivity contribution >= 4 is 22.1 Å². The van der Waals surface area contributed by atoms with Crippen LogP contribution in [0.15, 0.2) is 35.8 Å². The number of rotatable bonds is 5. The van der Waals surface area contributed by atoms with Crippen LogP contribution in [0.5, 0.6) is 0 Å². The second kappa shape index (κ2) is 8.20. The summed E-state index contributed by atoms with van der Waals surface area (Å²) < 4.78 is 28.2. The third kappa shape index (κ3) is 14.1. The zero-order valence-corrected chi connectivity index (χ0v) is 10.5. The first-order chi connectivity index (χ1) is 7.99. The van der Waals surface area contributed by atoms with Crippen LogP contribution in [0.4, 0.5) is 0 Å². The van der Waals surface area contributed by atoms with Gasteiger partial charge in [0.1, 0.15) is 0 Å². The maximum absolute atomic E-state index is 10.0. The third-order valence-electron chi connectivity index (χ3n) is 1.32. The Morgan fingerprint density at radius 2 is 1.72 bits per heavy atom. The number of carbonyl (C=O) groups is 2. The van der Waals surface area contributed by atoms with Crippen molar-refractivity contribution in [3.63, 3.8) is 0 Å². The average molecular weight is 278 g/mol. The van der Waals surface area contributed by atoms with Crippen molar-refractivity contribution in [3.8, 4) is 0 Å². The van der Waals surface area contributed by atoms with Crippen molar-refractivity contribution in [3.05, 3.63) is 35.8 Å². The molecule has 0 aliphatic heterocycles. The van der Waals surface area contributed by atoms with Crippen molar-refractivity contribution in [2.75, 3.05) is 0 Å². The van der Waals surface area contributed by atoms with Crippen molar-refractivity contribution in [1.29, 1.82) is 0 Å². The zero-order valence-electron chi connectivity index (χ0n) is 9.66. The van der Waals surface area contributed by atoms with Crippen LogP contribution < -0.4 is 0 Å². The molecule has 0 aromatic carbocycles. The van der Waals surface area contributed by atoms with Gasteiger partial charge in [-0.1, -0.05) is 19.2 Å². The lowest BCUT2D eigenvalue weighted by molar-refractivity contribution is -0.139. The molecule has 7 nitrogen and oxygen atoms in total. The van der Waals surface area contributed by atoms with E-state index in [0.717, 1.165) is 5.41 Å². The Morgan fingerprint density at radius 3 is 1.83 bits per heavy atom. The fourth-order valence-corrected chi connectivity index (χ4v) is 1.11. The summed E-state index contributed by atoms with van der Waals surface area (Å²) in [7, 11) is -3.97. The van der Waals surface area contributed by atoms with Gasteiger partial charge < -0.3 is 10.2 Å². The monoisotopic (exact) mass is 278 g/mol. The Kier molecular flexibility index (Phi) is 8.40. The van der Waals surface area contributed by atoms with E-state index in [-0.39, 0.29) is 5.57 Å². The molecule has 0 heterocycles. The second-order valence-corrected chi connectivity index (χ2v) is 4.33. The fraction of sp³-hybridized carbons (Fsp3) is 0.200. The highest BCUT2D eigenvalue weighted by Gasteiger charge is 2.07. The Balaban J connectivity index is 0. The van der Waals surface area contributed by atoms with Crippen molar-refractivity contribution in [1.82, 2.24) is 0 Å². The Labute approximate surface area is 105 Å². The molecule has 0 aliphatic rings. The van der Waals surface area contributed by atoms with Crippen molar-refractivity contribution < 1.29 is 32.8 Å². The summed E-state index contributed by atoms with van der Waals surface area (Å²) in [4.78, 5) is 19.7. The standard InChI is InChI=1S/C5H6O4.C5H8O3S/c1-3(5(8)9)2-4(6)7;1-3-5(2)4-9(6,7)8/h1-2H2,(H,6,7)(H,8,9);3-4H,1H2,2H3,(H,6,7,8). The van der Waals surface area contributed by atoms with Gasteiger partial charge in [0, 0.05) is 5.57 Å². The lowest BCUT2D eigenvalue weighted by Gasteiger charge is -1.91. The lowest BCUT2D eigenvalue weighted by atomic mass is 10.2. The van der Waals surface area contributed by atoms with Gasteiger partial charge in [0.2, 0.25) is 0 Å². The molecule has 18 heavy (non-hydrogen) atoms. The van der Waals surface area contributed by atoms with E-state index in [2.05, 4.69) is 13.2 Å². The fourth-order valence-electron chi connectivity index (χ4n) is 0.541. The van der Waals surface area contributed by atoms with E-state index in [1.807, 2.05) is 0 Å². The van der Waals surface area contributed by atoms with Gasteiger partial charge >= 0.3 is 11.9 Å². The summed E-state index contributed by atoms with van der Waals surface area (Å²) in [5.41, 5.74) is 0.111. The van der Waals surface area contributed by atoms with Gasteiger partial charge in [0.25, 0.3) is 10.1 Å². The van der Waals surface area contributed by atoms with E-state index in [0.29, 0.717) is 5.57 Å². The van der Waals surface area contributed by atoms with Crippen molar-refractivity contribution in [2.45, 2.75) is 13.3 Å². The van der Waals surface area contributed by atoms with Gasteiger partial charge in [-0.2, -0.15) is 8.42 Å². The molecule has 0 radical (unpaired) electrons. The predicted molar refractivity (Wildman–Crippen MR) is 64.5 cm³/mol. The van der Waals surface area contributed by atoms with Gasteiger partial charge in [0.15, 0.2) is 0 Å². The van der Waals surface area contributed by atoms with Gasteiger partial charge in [-0.3, -0.25) is 9.35 Å². The quantitative estimate of drug-likeness (QED) is 0.389. The number of aliphatic carboxylic acids is 2. The molecule has 0 unspecified atom stereocenters. The van der Waals surface area contributed by atoms with E-state index in [1.54, 1.807) is 0 Å². The molecule has 0 aromatic rings. The Morgan fingerprint density at radius 1 is 1.28 bits per heavy atom. The highest BCUT2D eigenvalue weighted by atomic mass is 32.2. The second-order valence-electron chi connectivity index (χ2n) is 3.06. The van der Waals surface area contributed by atoms with Gasteiger partial charge in [-0.05, 0) is 12.5 Å². The smallest absolute Gasteiger partial charge is 0.331 e. The topological polar surface area (TPSA) is 129 Å². The number of hydrogen-bond donors (Lipinski definition) is 3. The van der Waals surface area contributed by atoms with E-state index in [4.69, 9.17) is 14.8 Å². The molecular weight excluding hydrogens is 264 g/mol. The minimum atomic E-state index is -3.97. The summed E-state index contributed by atoms with van der Waals surface area (Å²) >= 11 is 0. The number of carboxylic acids is 2. The van der Waals surface area contributed by atoms with Gasteiger partial charge in [-0.25, -0.2) is 4.79 Å². The first-order valence-electron chi connectivity index (χ1n) is 4.40.